The molecule has 5 rings (SSSR count). The summed E-state index contributed by atoms with van der Waals surface area (Å²) < 4.78 is 8.62. The number of hydrogen-bond donors (Lipinski definition) is 0. The van der Waals surface area contributed by atoms with Gasteiger partial charge < -0.3 is 0 Å². The molecule has 0 radical (unpaired) electrons. The molecule has 4 heterocycles. The SMILES string of the molecule is c1ccc2nc3c(nc2c1)Cn1cc[n+](c1)C[n+]1ccn(c1)C3. The molecule has 0 unspecified atom stereocenters. The van der Waals surface area contributed by atoms with E-state index in [9.17, 15) is 0 Å². The number of aromatic nitrogens is 6. The first-order valence-electron chi connectivity index (χ1n) is 7.68. The number of para-hydroxylation sites is 2. The molecule has 4 aromatic rings. The van der Waals surface area contributed by atoms with Crippen molar-refractivity contribution in [1.82, 2.24) is 19.1 Å². The first-order valence-corrected chi connectivity index (χ1v) is 7.68. The van der Waals surface area contributed by atoms with E-state index < -0.39 is 0 Å². The predicted molar refractivity (Wildman–Crippen MR) is 82.4 cm³/mol. The first-order chi connectivity index (χ1) is 11.3. The third-order valence-corrected chi connectivity index (χ3v) is 4.21. The van der Waals surface area contributed by atoms with Crippen molar-refractivity contribution >= 4 is 11.0 Å². The number of hydrogen-bond acceptors (Lipinski definition) is 2. The van der Waals surface area contributed by atoms with Gasteiger partial charge in [-0.05, 0) is 12.1 Å². The molecular weight excluding hydrogens is 288 g/mol. The van der Waals surface area contributed by atoms with Gasteiger partial charge in [-0.3, -0.25) is 0 Å². The Balaban J connectivity index is 1.74. The largest absolute Gasteiger partial charge is 0.247 e. The summed E-state index contributed by atoms with van der Waals surface area (Å²) in [5.41, 5.74) is 3.94. The molecule has 6 nitrogen and oxygen atoms in total. The van der Waals surface area contributed by atoms with Crippen molar-refractivity contribution in [2.75, 3.05) is 0 Å². The maximum absolute atomic E-state index is 4.86. The maximum atomic E-state index is 4.86. The number of nitrogens with zero attached hydrogens (tertiary/aromatic N) is 6. The molecule has 1 aliphatic rings. The minimum absolute atomic E-state index is 0.734. The zero-order chi connectivity index (χ0) is 15.2. The summed E-state index contributed by atoms with van der Waals surface area (Å²) in [4.78, 5) is 9.73. The Labute approximate surface area is 132 Å². The van der Waals surface area contributed by atoms with E-state index >= 15 is 0 Å². The third-order valence-electron chi connectivity index (χ3n) is 4.21. The zero-order valence-electron chi connectivity index (χ0n) is 12.6. The van der Waals surface area contributed by atoms with E-state index in [4.69, 9.17) is 9.97 Å². The minimum atomic E-state index is 0.734. The van der Waals surface area contributed by atoms with Crippen molar-refractivity contribution in [3.8, 4) is 0 Å². The molecule has 0 spiro atoms. The van der Waals surface area contributed by atoms with E-state index in [1.807, 2.05) is 24.3 Å². The highest BCUT2D eigenvalue weighted by Gasteiger charge is 2.18. The van der Waals surface area contributed by atoms with Crippen LogP contribution >= 0.6 is 0 Å². The summed E-state index contributed by atoms with van der Waals surface area (Å²) in [7, 11) is 0. The maximum Gasteiger partial charge on any atom is 0.247 e. The molecule has 0 amide bonds. The van der Waals surface area contributed by atoms with Crippen LogP contribution in [0.5, 0.6) is 0 Å². The lowest BCUT2D eigenvalue weighted by atomic mass is 10.2. The van der Waals surface area contributed by atoms with Gasteiger partial charge in [0.1, 0.15) is 49.3 Å². The summed E-state index contributed by atoms with van der Waals surface area (Å²) in [6, 6.07) is 8.06. The second-order valence-corrected chi connectivity index (χ2v) is 5.95. The van der Waals surface area contributed by atoms with Crippen molar-refractivity contribution in [3.63, 3.8) is 0 Å². The molecule has 4 bridgehead atoms. The van der Waals surface area contributed by atoms with Gasteiger partial charge in [0.05, 0.1) is 11.0 Å². The van der Waals surface area contributed by atoms with Crippen LogP contribution < -0.4 is 9.13 Å². The van der Waals surface area contributed by atoms with Crippen molar-refractivity contribution in [2.24, 2.45) is 0 Å². The molecule has 1 aliphatic heterocycles. The Morgan fingerprint density at radius 3 is 1.83 bits per heavy atom. The normalized spacial score (nSPS) is 13.6. The van der Waals surface area contributed by atoms with E-state index in [2.05, 4.69) is 55.7 Å². The van der Waals surface area contributed by atoms with Gasteiger partial charge in [0, 0.05) is 0 Å². The molecule has 3 aromatic heterocycles. The van der Waals surface area contributed by atoms with Crippen molar-refractivity contribution in [2.45, 2.75) is 19.8 Å². The molecule has 0 atom stereocenters. The second kappa shape index (κ2) is 4.74. The van der Waals surface area contributed by atoms with Crippen LogP contribution in [-0.2, 0) is 19.8 Å². The van der Waals surface area contributed by atoms with Gasteiger partial charge in [-0.2, -0.15) is 9.13 Å². The Morgan fingerprint density at radius 1 is 0.783 bits per heavy atom. The van der Waals surface area contributed by atoms with Crippen LogP contribution in [0.2, 0.25) is 0 Å². The van der Waals surface area contributed by atoms with Gasteiger partial charge in [0.15, 0.2) is 0 Å². The van der Waals surface area contributed by atoms with Crippen molar-refractivity contribution in [1.29, 1.82) is 0 Å². The van der Waals surface area contributed by atoms with Crippen LogP contribution in [0, 0.1) is 0 Å². The second-order valence-electron chi connectivity index (χ2n) is 5.95. The van der Waals surface area contributed by atoms with Gasteiger partial charge >= 0.3 is 0 Å². The van der Waals surface area contributed by atoms with Crippen LogP contribution in [0.25, 0.3) is 11.0 Å². The quantitative estimate of drug-likeness (QED) is 0.396. The van der Waals surface area contributed by atoms with E-state index in [-0.39, 0.29) is 0 Å². The van der Waals surface area contributed by atoms with Crippen LogP contribution in [0.3, 0.4) is 0 Å². The fourth-order valence-electron chi connectivity index (χ4n) is 3.09. The Bertz CT molecular complexity index is 932. The van der Waals surface area contributed by atoms with E-state index in [1.165, 1.54) is 0 Å². The van der Waals surface area contributed by atoms with E-state index in [0.29, 0.717) is 0 Å². The number of imidazole rings is 2. The van der Waals surface area contributed by atoms with Crippen molar-refractivity contribution < 1.29 is 9.13 Å². The van der Waals surface area contributed by atoms with Gasteiger partial charge in [0.25, 0.3) is 0 Å². The highest BCUT2D eigenvalue weighted by Crippen LogP contribution is 2.15. The smallest absolute Gasteiger partial charge is 0.245 e. The zero-order valence-corrected chi connectivity index (χ0v) is 12.6. The first kappa shape index (κ1) is 12.5. The molecule has 0 saturated carbocycles. The molecular formula is C17H16N6+2. The average molecular weight is 304 g/mol. The minimum Gasteiger partial charge on any atom is -0.245 e. The summed E-state index contributed by atoms with van der Waals surface area (Å²) in [5, 5.41) is 0. The number of rotatable bonds is 0. The molecule has 0 saturated heterocycles. The molecule has 6 heteroatoms. The standard InChI is InChI=1S/C17H16N6/c1-2-4-15-14(3-1)18-16-9-20-5-7-22(11-20)13-23-8-6-21(12-23)10-17(16)19-15/h1-8,11-12H,9-10,13H2/q+2. The monoisotopic (exact) mass is 304 g/mol. The average Bonchev–Trinajstić information content (AvgIpc) is 3.16. The lowest BCUT2D eigenvalue weighted by Gasteiger charge is -2.07. The summed E-state index contributed by atoms with van der Waals surface area (Å²) in [5.74, 6) is 0. The van der Waals surface area contributed by atoms with Crippen LogP contribution in [0.1, 0.15) is 11.4 Å². The molecule has 1 aromatic carbocycles. The Hall–Kier alpha value is -3.02. The Morgan fingerprint density at radius 2 is 1.30 bits per heavy atom. The van der Waals surface area contributed by atoms with E-state index in [1.54, 1.807) is 0 Å². The molecule has 112 valence electrons. The lowest BCUT2D eigenvalue weighted by molar-refractivity contribution is -0.912. The van der Waals surface area contributed by atoms with Crippen LogP contribution in [0.4, 0.5) is 0 Å². The molecule has 0 aliphatic carbocycles. The number of fused-ring (bicyclic) bond motifs is 6. The topological polar surface area (TPSA) is 43.4 Å². The summed E-state index contributed by atoms with van der Waals surface area (Å²) >= 11 is 0. The number of benzene rings is 1. The third kappa shape index (κ3) is 2.19. The lowest BCUT2D eigenvalue weighted by Crippen LogP contribution is -2.49. The Kier molecular flexibility index (Phi) is 2.58. The predicted octanol–water partition coefficient (Wildman–Crippen LogP) is 0.724. The van der Waals surface area contributed by atoms with Crippen LogP contribution in [0.15, 0.2) is 61.7 Å². The summed E-state index contributed by atoms with van der Waals surface area (Å²) in [6.07, 6.45) is 12.5. The highest BCUT2D eigenvalue weighted by atomic mass is 15.2. The van der Waals surface area contributed by atoms with E-state index in [0.717, 1.165) is 42.2 Å². The summed E-state index contributed by atoms with van der Waals surface area (Å²) in [6.45, 7) is 2.27. The fourth-order valence-corrected chi connectivity index (χ4v) is 3.09. The van der Waals surface area contributed by atoms with Crippen molar-refractivity contribution in [3.05, 3.63) is 73.1 Å². The van der Waals surface area contributed by atoms with Gasteiger partial charge in [0.2, 0.25) is 19.3 Å². The van der Waals surface area contributed by atoms with Gasteiger partial charge in [-0.25, -0.2) is 19.1 Å². The molecule has 23 heavy (non-hydrogen) atoms. The van der Waals surface area contributed by atoms with Crippen LogP contribution in [-0.4, -0.2) is 19.1 Å². The molecule has 0 fully saturated rings. The fraction of sp³-hybridized carbons (Fsp3) is 0.176. The highest BCUT2D eigenvalue weighted by molar-refractivity contribution is 5.74. The molecule has 0 N–H and O–H groups in total. The van der Waals surface area contributed by atoms with Gasteiger partial charge in [-0.15, -0.1) is 0 Å². The van der Waals surface area contributed by atoms with Gasteiger partial charge in [-0.1, -0.05) is 12.1 Å².